The van der Waals surface area contributed by atoms with Crippen molar-refractivity contribution >= 4 is 43.2 Å². The Bertz CT molecular complexity index is 1420. The van der Waals surface area contributed by atoms with Gasteiger partial charge in [0.25, 0.3) is 0 Å². The Balaban J connectivity index is 2.97. The first-order chi connectivity index (χ1) is 29.5. The van der Waals surface area contributed by atoms with Gasteiger partial charge in [0.15, 0.2) is 6.10 Å². The van der Waals surface area contributed by atoms with Crippen LogP contribution in [-0.2, 0) is 59.9 Å². The lowest BCUT2D eigenvalue weighted by Crippen LogP contribution is -2.65. The molecule has 0 aliphatic heterocycles. The van der Waals surface area contributed by atoms with E-state index in [1.807, 2.05) is 0 Å². The van der Waals surface area contributed by atoms with Crippen molar-refractivity contribution in [1.29, 1.82) is 0 Å². The van der Waals surface area contributed by atoms with Crippen molar-refractivity contribution < 1.29 is 104 Å². The van der Waals surface area contributed by atoms with E-state index < -0.39 is 99.2 Å². The third-order valence-electron chi connectivity index (χ3n) is 10.00. The number of nitrogens with two attached hydrogens (primary N) is 1. The van der Waals surface area contributed by atoms with Crippen LogP contribution in [0.2, 0.25) is 0 Å². The molecule has 0 aromatic carbocycles. The van der Waals surface area contributed by atoms with Crippen molar-refractivity contribution in [2.45, 2.75) is 197 Å². The van der Waals surface area contributed by atoms with Crippen LogP contribution < -0.4 is 5.73 Å². The van der Waals surface area contributed by atoms with Crippen LogP contribution in [0.15, 0.2) is 0 Å². The van der Waals surface area contributed by atoms with Crippen LogP contribution in [0.4, 0.5) is 0 Å². The lowest BCUT2D eigenvalue weighted by Gasteiger charge is -2.45. The molecule has 0 heterocycles. The zero-order valence-electron chi connectivity index (χ0n) is 36.1. The van der Waals surface area contributed by atoms with Gasteiger partial charge in [0.2, 0.25) is 0 Å². The molecule has 0 bridgehead atoms. The van der Waals surface area contributed by atoms with E-state index in [1.165, 1.54) is 44.9 Å². The molecule has 63 heavy (non-hydrogen) atoms. The van der Waals surface area contributed by atoms with E-state index >= 15 is 0 Å². The maximum atomic E-state index is 13.2. The standard InChI is InChI=1S/C36H73NO22P4/c1-2-3-4-5-6-7-8-9-10-11-15-18-21-24-30(39)55-28(26-53-29(38)23-20-17-14-12-13-16-19-22-25-37)27-54-63(51,52)59-33-31(40)34(56-60(42,43)44)36(58-62(48,49)50)35(32(33)41)57-61(45,46)47/h28,31-36,40-41H,2-27,37H2,1H3,(H,51,52)(H2,42,43,44)(H2,45,46,47)(H2,48,49,50)/t28-,31+,32?,33?,34+,35-,36?/m1/s1. The van der Waals surface area contributed by atoms with Crippen molar-refractivity contribution in [3.05, 3.63) is 0 Å². The summed E-state index contributed by atoms with van der Waals surface area (Å²) in [4.78, 5) is 92.4. The van der Waals surface area contributed by atoms with Gasteiger partial charge in [-0.05, 0) is 25.8 Å². The molecule has 23 nitrogen and oxygen atoms in total. The molecule has 0 aromatic rings. The van der Waals surface area contributed by atoms with Crippen LogP contribution in [0, 0.1) is 0 Å². The molecule has 1 fully saturated rings. The molecule has 11 N–H and O–H groups in total. The molecule has 1 aliphatic carbocycles. The SMILES string of the molecule is CCCCCCCCCCCCCCCC(=O)O[C@H](COC(=O)CCCCCCCCCCN)COP(=O)(O)OC1C(O)[C@@H](OP(=O)(O)O)C(OP(=O)(O)O)[C@@H](OP(=O)(O)O)[C@H]1O. The first-order valence-corrected chi connectivity index (χ1v) is 27.9. The summed E-state index contributed by atoms with van der Waals surface area (Å²) in [6, 6.07) is 0. The number of phosphoric acid groups is 4. The molecule has 0 aromatic heterocycles. The van der Waals surface area contributed by atoms with E-state index in [-0.39, 0.29) is 12.8 Å². The number of hydrogen-bond donors (Lipinski definition) is 10. The van der Waals surface area contributed by atoms with E-state index in [1.54, 1.807) is 0 Å². The van der Waals surface area contributed by atoms with Gasteiger partial charge in [0, 0.05) is 12.8 Å². The van der Waals surface area contributed by atoms with Gasteiger partial charge in [0.1, 0.15) is 43.2 Å². The smallest absolute Gasteiger partial charge is 0.462 e. The summed E-state index contributed by atoms with van der Waals surface area (Å²) >= 11 is 0. The van der Waals surface area contributed by atoms with Gasteiger partial charge in [-0.1, -0.05) is 122 Å². The van der Waals surface area contributed by atoms with Gasteiger partial charge in [-0.25, -0.2) is 18.3 Å². The number of carbonyl (C=O) groups is 2. The zero-order chi connectivity index (χ0) is 47.5. The van der Waals surface area contributed by atoms with E-state index in [2.05, 4.69) is 20.5 Å². The number of aliphatic hydroxyl groups excluding tert-OH is 2. The maximum absolute atomic E-state index is 13.2. The van der Waals surface area contributed by atoms with E-state index in [9.17, 15) is 72.3 Å². The number of carbonyl (C=O) groups excluding carboxylic acids is 2. The number of hydrogen-bond acceptors (Lipinski definition) is 16. The fourth-order valence-electron chi connectivity index (χ4n) is 6.86. The van der Waals surface area contributed by atoms with Crippen molar-refractivity contribution in [2.75, 3.05) is 19.8 Å². The molecule has 1 aliphatic rings. The molecule has 0 spiro atoms. The molecule has 374 valence electrons. The van der Waals surface area contributed by atoms with Gasteiger partial charge in [-0.3, -0.25) is 32.2 Å². The van der Waals surface area contributed by atoms with E-state index in [0.29, 0.717) is 19.4 Å². The van der Waals surface area contributed by atoms with Crippen LogP contribution in [0.25, 0.3) is 0 Å². The number of rotatable bonds is 38. The third kappa shape index (κ3) is 30.3. The first-order valence-electron chi connectivity index (χ1n) is 21.8. The molecule has 8 atom stereocenters. The number of aliphatic hydroxyl groups is 2. The monoisotopic (exact) mass is 995 g/mol. The lowest BCUT2D eigenvalue weighted by molar-refractivity contribution is -0.209. The fraction of sp³-hybridized carbons (Fsp3) is 0.944. The molecule has 27 heteroatoms. The summed E-state index contributed by atoms with van der Waals surface area (Å²) in [5.41, 5.74) is 5.51. The number of esters is 2. The van der Waals surface area contributed by atoms with Gasteiger partial charge >= 0.3 is 43.2 Å². The Kier molecular flexibility index (Phi) is 30.7. The second-order valence-corrected chi connectivity index (χ2v) is 20.6. The summed E-state index contributed by atoms with van der Waals surface area (Å²) in [7, 11) is -23.0. The summed E-state index contributed by atoms with van der Waals surface area (Å²) in [5, 5.41) is 21.8. The van der Waals surface area contributed by atoms with Gasteiger partial charge in [0.05, 0.1) is 6.61 Å². The number of phosphoric ester groups is 4. The maximum Gasteiger partial charge on any atom is 0.472 e. The van der Waals surface area contributed by atoms with Crippen LogP contribution in [-0.4, -0.2) is 119 Å². The predicted octanol–water partition coefficient (Wildman–Crippen LogP) is 5.06. The molecule has 1 rings (SSSR count). The topological polar surface area (TPSA) is 375 Å². The molecule has 4 unspecified atom stereocenters. The molecule has 0 saturated heterocycles. The molecular formula is C36H73NO22P4. The lowest BCUT2D eigenvalue weighted by atomic mass is 9.85. The fourth-order valence-corrected chi connectivity index (χ4v) is 9.51. The average molecular weight is 996 g/mol. The van der Waals surface area contributed by atoms with Crippen LogP contribution in [0.3, 0.4) is 0 Å². The quantitative estimate of drug-likeness (QED) is 0.0219. The summed E-state index contributed by atoms with van der Waals surface area (Å²) < 4.78 is 81.7. The van der Waals surface area contributed by atoms with Crippen LogP contribution >= 0.6 is 31.3 Å². The Morgan fingerprint density at radius 1 is 0.492 bits per heavy atom. The second-order valence-electron chi connectivity index (χ2n) is 15.7. The zero-order valence-corrected chi connectivity index (χ0v) is 39.7. The minimum absolute atomic E-state index is 0.0230. The summed E-state index contributed by atoms with van der Waals surface area (Å²) in [6.07, 6.45) is 3.25. The third-order valence-corrected chi connectivity index (χ3v) is 12.5. The van der Waals surface area contributed by atoms with Crippen molar-refractivity contribution in [3.63, 3.8) is 0 Å². The first kappa shape index (κ1) is 60.3. The van der Waals surface area contributed by atoms with Crippen LogP contribution in [0.1, 0.15) is 155 Å². The molecular weight excluding hydrogens is 922 g/mol. The Labute approximate surface area is 369 Å². The summed E-state index contributed by atoms with van der Waals surface area (Å²) in [6.45, 7) is 1.19. The highest BCUT2D eigenvalue weighted by molar-refractivity contribution is 7.47. The predicted molar refractivity (Wildman–Crippen MR) is 225 cm³/mol. The summed E-state index contributed by atoms with van der Waals surface area (Å²) in [5.74, 6) is -1.42. The number of unbranched alkanes of at least 4 members (excludes halogenated alkanes) is 19. The van der Waals surface area contributed by atoms with Crippen molar-refractivity contribution in [2.24, 2.45) is 5.73 Å². The van der Waals surface area contributed by atoms with Crippen molar-refractivity contribution in [3.8, 4) is 0 Å². The van der Waals surface area contributed by atoms with Gasteiger partial charge in [-0.2, -0.15) is 0 Å². The van der Waals surface area contributed by atoms with E-state index in [4.69, 9.17) is 24.3 Å². The minimum Gasteiger partial charge on any atom is -0.462 e. The van der Waals surface area contributed by atoms with Crippen molar-refractivity contribution in [1.82, 2.24) is 0 Å². The number of ether oxygens (including phenoxy) is 2. The van der Waals surface area contributed by atoms with Crippen LogP contribution in [0.5, 0.6) is 0 Å². The average Bonchev–Trinajstić information content (AvgIpc) is 3.17. The highest BCUT2D eigenvalue weighted by atomic mass is 31.2. The highest BCUT2D eigenvalue weighted by Gasteiger charge is 2.59. The Morgan fingerprint density at radius 2 is 0.857 bits per heavy atom. The van der Waals surface area contributed by atoms with Gasteiger partial charge in [-0.15, -0.1) is 0 Å². The molecule has 0 amide bonds. The van der Waals surface area contributed by atoms with E-state index in [0.717, 1.165) is 77.0 Å². The Morgan fingerprint density at radius 3 is 1.25 bits per heavy atom. The Hall–Kier alpha value is -0.740. The second kappa shape index (κ2) is 32.1. The minimum atomic E-state index is -5.78. The molecule has 1 saturated carbocycles. The largest absolute Gasteiger partial charge is 0.472 e. The van der Waals surface area contributed by atoms with Gasteiger partial charge < -0.3 is 59.7 Å². The molecule has 0 radical (unpaired) electrons. The normalized spacial score (nSPS) is 22.4. The highest BCUT2D eigenvalue weighted by Crippen LogP contribution is 2.53.